The minimum absolute atomic E-state index is 0.0816. The largest absolute Gasteiger partial charge is 0.367 e. The predicted molar refractivity (Wildman–Crippen MR) is 94.8 cm³/mol. The number of fused-ring (bicyclic) bond motifs is 1. The monoisotopic (exact) mass is 358 g/mol. The van der Waals surface area contributed by atoms with Crippen molar-refractivity contribution in [3.05, 3.63) is 36.7 Å². The van der Waals surface area contributed by atoms with Crippen LogP contribution in [0.2, 0.25) is 0 Å². The minimum Gasteiger partial charge on any atom is -0.367 e. The van der Waals surface area contributed by atoms with Crippen LogP contribution < -0.4 is 10.0 Å². The summed E-state index contributed by atoms with van der Waals surface area (Å²) in [5.74, 6) is 1.26. The molecule has 0 aliphatic heterocycles. The molecule has 1 aliphatic rings. The van der Waals surface area contributed by atoms with Crippen molar-refractivity contribution < 1.29 is 8.42 Å². The Kier molecular flexibility index (Phi) is 3.79. The van der Waals surface area contributed by atoms with Gasteiger partial charge in [-0.1, -0.05) is 12.1 Å². The van der Waals surface area contributed by atoms with Crippen molar-refractivity contribution in [2.45, 2.75) is 17.7 Å². The van der Waals surface area contributed by atoms with Gasteiger partial charge in [-0.2, -0.15) is 5.10 Å². The summed E-state index contributed by atoms with van der Waals surface area (Å²) < 4.78 is 29.2. The molecule has 0 spiro atoms. The number of hydrogen-bond acceptors (Lipinski definition) is 6. The van der Waals surface area contributed by atoms with Crippen LogP contribution in [0, 0.1) is 5.92 Å². The fourth-order valence-electron chi connectivity index (χ4n) is 2.48. The van der Waals surface area contributed by atoms with Crippen molar-refractivity contribution in [2.75, 3.05) is 16.6 Å². The lowest BCUT2D eigenvalue weighted by Gasteiger charge is -2.13. The number of benzene rings is 1. The maximum absolute atomic E-state index is 12.6. The number of anilines is 2. The van der Waals surface area contributed by atoms with Gasteiger partial charge >= 0.3 is 0 Å². The second-order valence-electron chi connectivity index (χ2n) is 6.19. The number of aromatic nitrogens is 4. The average molecular weight is 358 g/mol. The Morgan fingerprint density at radius 3 is 2.44 bits per heavy atom. The molecule has 4 rings (SSSR count). The Balaban J connectivity index is 1.71. The van der Waals surface area contributed by atoms with Gasteiger partial charge < -0.3 is 5.32 Å². The smallest absolute Gasteiger partial charge is 0.266 e. The van der Waals surface area contributed by atoms with E-state index in [1.165, 1.54) is 29.9 Å². The van der Waals surface area contributed by atoms with Gasteiger partial charge in [-0.25, -0.2) is 18.4 Å². The van der Waals surface area contributed by atoms with E-state index in [-0.39, 0.29) is 10.7 Å². The van der Waals surface area contributed by atoms with Crippen LogP contribution in [0.25, 0.3) is 11.0 Å². The van der Waals surface area contributed by atoms with Crippen LogP contribution in [0.5, 0.6) is 0 Å². The van der Waals surface area contributed by atoms with E-state index in [4.69, 9.17) is 0 Å². The van der Waals surface area contributed by atoms with Gasteiger partial charge in [0.25, 0.3) is 10.0 Å². The van der Waals surface area contributed by atoms with Crippen LogP contribution in [-0.4, -0.2) is 34.7 Å². The summed E-state index contributed by atoms with van der Waals surface area (Å²) in [5.41, 5.74) is 1.34. The molecule has 0 atom stereocenters. The highest BCUT2D eigenvalue weighted by Crippen LogP contribution is 2.30. The van der Waals surface area contributed by atoms with Gasteiger partial charge in [-0.3, -0.25) is 9.40 Å². The maximum atomic E-state index is 12.6. The molecule has 2 N–H and O–H groups in total. The average Bonchev–Trinajstić information content (AvgIpc) is 3.31. The fourth-order valence-corrected chi connectivity index (χ4v) is 3.47. The highest BCUT2D eigenvalue weighted by Gasteiger charge is 2.23. The molecule has 9 heteroatoms. The zero-order chi connectivity index (χ0) is 17.4. The summed E-state index contributed by atoms with van der Waals surface area (Å²) >= 11 is 0. The fraction of sp³-hybridized carbons (Fsp3) is 0.312. The molecule has 0 radical (unpaired) electrons. The molecule has 130 valence electrons. The molecule has 8 nitrogen and oxygen atoms in total. The van der Waals surface area contributed by atoms with Gasteiger partial charge in [-0.15, -0.1) is 0 Å². The van der Waals surface area contributed by atoms with Crippen LogP contribution in [0.3, 0.4) is 0 Å². The van der Waals surface area contributed by atoms with Gasteiger partial charge in [0, 0.05) is 19.8 Å². The van der Waals surface area contributed by atoms with E-state index in [0.29, 0.717) is 22.8 Å². The minimum atomic E-state index is -3.78. The zero-order valence-corrected chi connectivity index (χ0v) is 14.5. The lowest BCUT2D eigenvalue weighted by Crippen LogP contribution is -2.17. The van der Waals surface area contributed by atoms with Gasteiger partial charge in [-0.05, 0) is 30.9 Å². The molecule has 0 unspecified atom stereocenters. The van der Waals surface area contributed by atoms with Crippen molar-refractivity contribution in [2.24, 2.45) is 13.0 Å². The topological polar surface area (TPSA) is 102 Å². The standard InChI is InChI=1S/C16H18N6O2S/c1-22-10-12(9-18-22)25(23,24)21-16-15(17-8-11-6-7-11)19-13-4-2-3-5-14(13)20-16/h2-5,9-11H,6-8H2,1H3,(H,17,19)(H,20,21). The van der Waals surface area contributed by atoms with E-state index in [2.05, 4.69) is 25.1 Å². The molecule has 1 aromatic carbocycles. The van der Waals surface area contributed by atoms with Gasteiger partial charge in [0.15, 0.2) is 11.6 Å². The molecule has 3 aromatic rings. The third-order valence-corrected chi connectivity index (χ3v) is 5.34. The summed E-state index contributed by atoms with van der Waals surface area (Å²) in [6.07, 6.45) is 5.11. The molecular formula is C16H18N6O2S. The van der Waals surface area contributed by atoms with Gasteiger partial charge in [0.05, 0.1) is 17.2 Å². The van der Waals surface area contributed by atoms with Crippen LogP contribution >= 0.6 is 0 Å². The SMILES string of the molecule is Cn1cc(S(=O)(=O)Nc2nc3ccccc3nc2NCC2CC2)cn1. The first-order chi connectivity index (χ1) is 12.0. The number of para-hydroxylation sites is 2. The van der Waals surface area contributed by atoms with E-state index in [1.807, 2.05) is 18.2 Å². The van der Waals surface area contributed by atoms with E-state index in [0.717, 1.165) is 6.54 Å². The normalized spacial score (nSPS) is 14.6. The molecule has 2 aromatic heterocycles. The van der Waals surface area contributed by atoms with Crippen molar-refractivity contribution >= 4 is 32.7 Å². The molecule has 2 heterocycles. The van der Waals surface area contributed by atoms with Gasteiger partial charge in [0.2, 0.25) is 0 Å². The molecular weight excluding hydrogens is 340 g/mol. The predicted octanol–water partition coefficient (Wildman–Crippen LogP) is 1.99. The summed E-state index contributed by atoms with van der Waals surface area (Å²) in [6.45, 7) is 0.759. The van der Waals surface area contributed by atoms with Crippen LogP contribution in [0.4, 0.5) is 11.6 Å². The molecule has 1 saturated carbocycles. The lowest BCUT2D eigenvalue weighted by molar-refractivity contribution is 0.601. The first kappa shape index (κ1) is 15.8. The number of rotatable bonds is 6. The zero-order valence-electron chi connectivity index (χ0n) is 13.7. The molecule has 0 saturated heterocycles. The Labute approximate surface area is 145 Å². The maximum Gasteiger partial charge on any atom is 0.266 e. The van der Waals surface area contributed by atoms with Crippen LogP contribution in [0.1, 0.15) is 12.8 Å². The number of nitrogens with zero attached hydrogens (tertiary/aromatic N) is 4. The van der Waals surface area contributed by atoms with Crippen molar-refractivity contribution in [1.82, 2.24) is 19.7 Å². The summed E-state index contributed by atoms with van der Waals surface area (Å²) in [5, 5.41) is 7.14. The molecule has 1 aliphatic carbocycles. The van der Waals surface area contributed by atoms with E-state index < -0.39 is 10.0 Å². The first-order valence-electron chi connectivity index (χ1n) is 8.03. The van der Waals surface area contributed by atoms with E-state index in [9.17, 15) is 8.42 Å². The molecule has 1 fully saturated rings. The number of aryl methyl sites for hydroxylation is 1. The second-order valence-corrected chi connectivity index (χ2v) is 7.87. The number of sulfonamides is 1. The summed E-state index contributed by atoms with van der Waals surface area (Å²) in [4.78, 5) is 9.07. The molecule has 0 amide bonds. The van der Waals surface area contributed by atoms with Crippen LogP contribution in [0.15, 0.2) is 41.6 Å². The highest BCUT2D eigenvalue weighted by molar-refractivity contribution is 7.92. The molecule has 0 bridgehead atoms. The third-order valence-electron chi connectivity index (χ3n) is 4.05. The number of hydrogen-bond donors (Lipinski definition) is 2. The summed E-state index contributed by atoms with van der Waals surface area (Å²) in [7, 11) is -2.12. The lowest BCUT2D eigenvalue weighted by atomic mass is 10.3. The van der Waals surface area contributed by atoms with E-state index in [1.54, 1.807) is 13.1 Å². The third kappa shape index (κ3) is 3.41. The Hall–Kier alpha value is -2.68. The highest BCUT2D eigenvalue weighted by atomic mass is 32.2. The Morgan fingerprint density at radius 2 is 1.84 bits per heavy atom. The van der Waals surface area contributed by atoms with Gasteiger partial charge in [0.1, 0.15) is 4.90 Å². The summed E-state index contributed by atoms with van der Waals surface area (Å²) in [6, 6.07) is 7.37. The van der Waals surface area contributed by atoms with E-state index >= 15 is 0 Å². The second kappa shape index (κ2) is 5.99. The Bertz CT molecular complexity index is 1030. The Morgan fingerprint density at radius 1 is 1.16 bits per heavy atom. The first-order valence-corrected chi connectivity index (χ1v) is 9.52. The van der Waals surface area contributed by atoms with Crippen molar-refractivity contribution in [3.63, 3.8) is 0 Å². The van der Waals surface area contributed by atoms with Crippen molar-refractivity contribution in [1.29, 1.82) is 0 Å². The van der Waals surface area contributed by atoms with Crippen LogP contribution in [-0.2, 0) is 17.1 Å². The van der Waals surface area contributed by atoms with Crippen molar-refractivity contribution in [3.8, 4) is 0 Å². The number of nitrogens with one attached hydrogen (secondary N) is 2. The quantitative estimate of drug-likeness (QED) is 0.699. The molecule has 25 heavy (non-hydrogen) atoms.